The van der Waals surface area contributed by atoms with Crippen LogP contribution < -0.4 is 0 Å². The van der Waals surface area contributed by atoms with Crippen LogP contribution in [0.4, 0.5) is 0 Å². The fourth-order valence-corrected chi connectivity index (χ4v) is 4.64. The van der Waals surface area contributed by atoms with Crippen LogP contribution in [0, 0.1) is 23.7 Å². The van der Waals surface area contributed by atoms with Gasteiger partial charge in [-0.25, -0.2) is 0 Å². The van der Waals surface area contributed by atoms with E-state index in [4.69, 9.17) is 4.74 Å². The fourth-order valence-electron chi connectivity index (χ4n) is 4.64. The highest BCUT2D eigenvalue weighted by Crippen LogP contribution is 2.42. The van der Waals surface area contributed by atoms with Gasteiger partial charge in [-0.2, -0.15) is 0 Å². The maximum absolute atomic E-state index is 5.64. The first-order valence-electron chi connectivity index (χ1n) is 9.63. The lowest BCUT2D eigenvalue weighted by Gasteiger charge is -2.37. The Bertz CT molecular complexity index is 274. The molecule has 2 fully saturated rings. The molecule has 126 valence electrons. The third kappa shape index (κ3) is 5.91. The van der Waals surface area contributed by atoms with Gasteiger partial charge in [-0.05, 0) is 75.0 Å². The summed E-state index contributed by atoms with van der Waals surface area (Å²) in [6, 6.07) is 0. The van der Waals surface area contributed by atoms with Crippen LogP contribution in [0.3, 0.4) is 0 Å². The molecule has 0 N–H and O–H groups in total. The predicted molar refractivity (Wildman–Crippen MR) is 96.0 cm³/mol. The van der Waals surface area contributed by atoms with Crippen molar-refractivity contribution in [2.75, 3.05) is 13.2 Å². The van der Waals surface area contributed by atoms with Crippen LogP contribution >= 0.6 is 0 Å². The van der Waals surface area contributed by atoms with Gasteiger partial charge in [0.15, 0.2) is 0 Å². The van der Waals surface area contributed by atoms with Gasteiger partial charge in [0.05, 0.1) is 6.61 Å². The average Bonchev–Trinajstić information content (AvgIpc) is 2.57. The Kier molecular flexibility index (Phi) is 8.30. The van der Waals surface area contributed by atoms with Crippen molar-refractivity contribution < 1.29 is 4.74 Å². The van der Waals surface area contributed by atoms with E-state index >= 15 is 0 Å². The highest BCUT2D eigenvalue weighted by molar-refractivity contribution is 4.82. The maximum Gasteiger partial charge on any atom is 0.0644 e. The first kappa shape index (κ1) is 17.8. The summed E-state index contributed by atoms with van der Waals surface area (Å²) in [4.78, 5) is 0. The molecule has 0 aromatic heterocycles. The minimum absolute atomic E-state index is 0.718. The molecule has 0 heterocycles. The van der Waals surface area contributed by atoms with Crippen molar-refractivity contribution >= 4 is 0 Å². The second-order valence-corrected chi connectivity index (χ2v) is 7.61. The van der Waals surface area contributed by atoms with Gasteiger partial charge in [-0.3, -0.25) is 0 Å². The van der Waals surface area contributed by atoms with E-state index in [1.54, 1.807) is 0 Å². The first-order chi connectivity index (χ1) is 10.8. The number of hydrogen-bond acceptors (Lipinski definition) is 1. The Hall–Kier alpha value is -0.560. The fraction of sp³-hybridized carbons (Fsp3) is 0.810. The Morgan fingerprint density at radius 3 is 1.91 bits per heavy atom. The zero-order valence-electron chi connectivity index (χ0n) is 14.5. The van der Waals surface area contributed by atoms with Crippen molar-refractivity contribution in [3.63, 3.8) is 0 Å². The van der Waals surface area contributed by atoms with E-state index in [1.165, 1.54) is 70.6 Å². The number of unbranched alkanes of at least 4 members (excludes halogenated alkanes) is 1. The molecule has 0 radical (unpaired) electrons. The van der Waals surface area contributed by atoms with Gasteiger partial charge < -0.3 is 4.74 Å². The summed E-state index contributed by atoms with van der Waals surface area (Å²) >= 11 is 0. The molecule has 0 bridgehead atoms. The molecule has 0 saturated heterocycles. The molecule has 0 aromatic rings. The summed E-state index contributed by atoms with van der Waals surface area (Å²) in [7, 11) is 0. The van der Waals surface area contributed by atoms with Crippen LogP contribution in [0.2, 0.25) is 0 Å². The molecule has 2 rings (SSSR count). The number of hydrogen-bond donors (Lipinski definition) is 0. The molecule has 0 atom stereocenters. The second-order valence-electron chi connectivity index (χ2n) is 7.61. The summed E-state index contributed by atoms with van der Waals surface area (Å²) in [5.41, 5.74) is 0. The summed E-state index contributed by atoms with van der Waals surface area (Å²) in [6.07, 6.45) is 19.6. The number of allylic oxidation sites excluding steroid dienone is 1. The lowest BCUT2D eigenvalue weighted by atomic mass is 9.69. The minimum Gasteiger partial charge on any atom is -0.377 e. The lowest BCUT2D eigenvalue weighted by molar-refractivity contribution is 0.0780. The van der Waals surface area contributed by atoms with Gasteiger partial charge in [0.1, 0.15) is 0 Å². The molecule has 0 spiro atoms. The second kappa shape index (κ2) is 10.3. The zero-order chi connectivity index (χ0) is 15.6. The third-order valence-electron chi connectivity index (χ3n) is 6.06. The monoisotopic (exact) mass is 304 g/mol. The van der Waals surface area contributed by atoms with Gasteiger partial charge in [0.25, 0.3) is 0 Å². The maximum atomic E-state index is 5.64. The van der Waals surface area contributed by atoms with Gasteiger partial charge in [-0.1, -0.05) is 31.4 Å². The molecule has 2 saturated carbocycles. The van der Waals surface area contributed by atoms with Crippen molar-refractivity contribution in [2.45, 2.75) is 70.6 Å². The van der Waals surface area contributed by atoms with Crippen LogP contribution in [0.5, 0.6) is 0 Å². The Labute approximate surface area is 138 Å². The zero-order valence-corrected chi connectivity index (χ0v) is 14.5. The number of ether oxygens (including phenoxy) is 1. The van der Waals surface area contributed by atoms with E-state index in [1.807, 2.05) is 6.08 Å². The first-order valence-corrected chi connectivity index (χ1v) is 9.63. The van der Waals surface area contributed by atoms with Crippen LogP contribution in [0.15, 0.2) is 25.3 Å². The van der Waals surface area contributed by atoms with E-state index in [0.29, 0.717) is 0 Å². The molecular formula is C21H36O. The van der Waals surface area contributed by atoms with Crippen molar-refractivity contribution in [1.82, 2.24) is 0 Å². The molecule has 22 heavy (non-hydrogen) atoms. The lowest BCUT2D eigenvalue weighted by Crippen LogP contribution is -2.27. The van der Waals surface area contributed by atoms with E-state index in [0.717, 1.165) is 36.9 Å². The molecule has 2 aliphatic carbocycles. The van der Waals surface area contributed by atoms with Crippen molar-refractivity contribution in [3.05, 3.63) is 25.3 Å². The van der Waals surface area contributed by atoms with Crippen molar-refractivity contribution in [2.24, 2.45) is 23.7 Å². The summed E-state index contributed by atoms with van der Waals surface area (Å²) in [5.74, 6) is 3.88. The van der Waals surface area contributed by atoms with E-state index in [-0.39, 0.29) is 0 Å². The van der Waals surface area contributed by atoms with Gasteiger partial charge in [0, 0.05) is 6.61 Å². The number of rotatable bonds is 9. The van der Waals surface area contributed by atoms with Gasteiger partial charge in [-0.15, -0.1) is 13.2 Å². The van der Waals surface area contributed by atoms with E-state index in [9.17, 15) is 0 Å². The summed E-state index contributed by atoms with van der Waals surface area (Å²) in [5, 5.41) is 0. The predicted octanol–water partition coefficient (Wildman–Crippen LogP) is 6.16. The SMILES string of the molecule is C=CCCC[C@H]1CC[C@H]([C@H]2CC[C@H](COCC=C)CC2)CC1. The molecule has 1 nitrogen and oxygen atoms in total. The average molecular weight is 305 g/mol. The summed E-state index contributed by atoms with van der Waals surface area (Å²) < 4.78 is 5.64. The standard InChI is InChI=1S/C21H36O/c1-3-5-6-7-18-8-12-20(13-9-18)21-14-10-19(11-15-21)17-22-16-4-2/h3-4,18-21H,1-2,5-17H2/t18-,19-,20-,21-. The van der Waals surface area contributed by atoms with Crippen molar-refractivity contribution in [1.29, 1.82) is 0 Å². The quantitative estimate of drug-likeness (QED) is 0.366. The van der Waals surface area contributed by atoms with Crippen LogP contribution in [0.25, 0.3) is 0 Å². The Morgan fingerprint density at radius 2 is 1.36 bits per heavy atom. The highest BCUT2D eigenvalue weighted by Gasteiger charge is 2.30. The topological polar surface area (TPSA) is 9.23 Å². The van der Waals surface area contributed by atoms with Crippen LogP contribution in [-0.4, -0.2) is 13.2 Å². The third-order valence-corrected chi connectivity index (χ3v) is 6.06. The van der Waals surface area contributed by atoms with E-state index < -0.39 is 0 Å². The molecule has 0 aromatic carbocycles. The Morgan fingerprint density at radius 1 is 0.773 bits per heavy atom. The smallest absolute Gasteiger partial charge is 0.0644 e. The molecular weight excluding hydrogens is 268 g/mol. The largest absolute Gasteiger partial charge is 0.377 e. The minimum atomic E-state index is 0.718. The van der Waals surface area contributed by atoms with Crippen molar-refractivity contribution in [3.8, 4) is 0 Å². The molecule has 0 unspecified atom stereocenters. The molecule has 0 aliphatic heterocycles. The van der Waals surface area contributed by atoms with Gasteiger partial charge in [0.2, 0.25) is 0 Å². The highest BCUT2D eigenvalue weighted by atomic mass is 16.5. The molecule has 2 aliphatic rings. The van der Waals surface area contributed by atoms with Crippen LogP contribution in [-0.2, 0) is 4.74 Å². The van der Waals surface area contributed by atoms with Crippen LogP contribution in [0.1, 0.15) is 70.6 Å². The molecule has 1 heteroatoms. The normalized spacial score (nSPS) is 32.5. The Balaban J connectivity index is 1.60. The van der Waals surface area contributed by atoms with E-state index in [2.05, 4.69) is 19.2 Å². The summed E-state index contributed by atoms with van der Waals surface area (Å²) in [6.45, 7) is 9.22. The van der Waals surface area contributed by atoms with Gasteiger partial charge >= 0.3 is 0 Å². The molecule has 0 amide bonds.